The van der Waals surface area contributed by atoms with Gasteiger partial charge < -0.3 is 4.90 Å². The fourth-order valence-electron chi connectivity index (χ4n) is 2.52. The summed E-state index contributed by atoms with van der Waals surface area (Å²) in [6.45, 7) is 5.42. The van der Waals surface area contributed by atoms with E-state index in [2.05, 4.69) is 19.1 Å². The molecular weight excluding hydrogens is 294 g/mol. The Bertz CT molecular complexity index is 612. The molecule has 1 amide bonds. The van der Waals surface area contributed by atoms with Gasteiger partial charge in [0.1, 0.15) is 0 Å². The number of hydrogen-bond donors (Lipinski definition) is 0. The van der Waals surface area contributed by atoms with Crippen molar-refractivity contribution in [2.45, 2.75) is 32.7 Å². The molecule has 0 spiro atoms. The third kappa shape index (κ3) is 4.60. The molecule has 0 heterocycles. The number of hydrogen-bond acceptors (Lipinski definition) is 1. The van der Waals surface area contributed by atoms with Gasteiger partial charge in [0.25, 0.3) is 0 Å². The van der Waals surface area contributed by atoms with E-state index in [9.17, 15) is 4.79 Å². The number of carbonyl (C=O) groups is 1. The van der Waals surface area contributed by atoms with Crippen LogP contribution in [0.4, 0.5) is 0 Å². The average Bonchev–Trinajstić information content (AvgIpc) is 2.53. The molecule has 0 radical (unpaired) electrons. The number of benzene rings is 2. The summed E-state index contributed by atoms with van der Waals surface area (Å²) in [4.78, 5) is 14.4. The van der Waals surface area contributed by atoms with Crippen LogP contribution >= 0.6 is 11.6 Å². The Hall–Kier alpha value is -1.80. The second-order valence-electron chi connectivity index (χ2n) is 5.55. The Morgan fingerprint density at radius 2 is 1.86 bits per heavy atom. The number of carbonyl (C=O) groups excluding carboxylic acids is 1. The van der Waals surface area contributed by atoms with Gasteiger partial charge in [0.05, 0.1) is 0 Å². The van der Waals surface area contributed by atoms with Crippen molar-refractivity contribution >= 4 is 17.5 Å². The van der Waals surface area contributed by atoms with Crippen molar-refractivity contribution in [1.82, 2.24) is 4.90 Å². The van der Waals surface area contributed by atoms with Gasteiger partial charge in [0.2, 0.25) is 5.91 Å². The van der Waals surface area contributed by atoms with Crippen LogP contribution in [0.5, 0.6) is 0 Å². The van der Waals surface area contributed by atoms with Gasteiger partial charge >= 0.3 is 0 Å². The molecule has 0 saturated carbocycles. The van der Waals surface area contributed by atoms with Crippen LogP contribution in [0.25, 0.3) is 0 Å². The number of amides is 1. The van der Waals surface area contributed by atoms with Crippen LogP contribution in [0.3, 0.4) is 0 Å². The van der Waals surface area contributed by atoms with Crippen LogP contribution in [0.1, 0.15) is 37.3 Å². The summed E-state index contributed by atoms with van der Waals surface area (Å²) >= 11 is 6.01. The lowest BCUT2D eigenvalue weighted by Crippen LogP contribution is -2.31. The molecule has 2 aromatic carbocycles. The SMILES string of the molecule is CCN(Cc1cccc(Cl)c1)C(=O)CC(C)c1ccccc1. The molecule has 1 atom stereocenters. The van der Waals surface area contributed by atoms with E-state index < -0.39 is 0 Å². The molecule has 0 aromatic heterocycles. The molecule has 3 heteroatoms. The Morgan fingerprint density at radius 1 is 1.14 bits per heavy atom. The zero-order valence-corrected chi connectivity index (χ0v) is 13.9. The molecule has 22 heavy (non-hydrogen) atoms. The van der Waals surface area contributed by atoms with Crippen LogP contribution in [0.2, 0.25) is 5.02 Å². The quantitative estimate of drug-likeness (QED) is 0.743. The Balaban J connectivity index is 2.00. The molecule has 0 saturated heterocycles. The van der Waals surface area contributed by atoms with E-state index in [0.29, 0.717) is 24.5 Å². The first-order valence-corrected chi connectivity index (χ1v) is 8.05. The molecule has 2 aromatic rings. The smallest absolute Gasteiger partial charge is 0.223 e. The summed E-state index contributed by atoms with van der Waals surface area (Å²) in [5, 5.41) is 0.707. The molecule has 1 unspecified atom stereocenters. The van der Waals surface area contributed by atoms with E-state index >= 15 is 0 Å². The summed E-state index contributed by atoms with van der Waals surface area (Å²) in [5.41, 5.74) is 2.27. The maximum absolute atomic E-state index is 12.5. The fraction of sp³-hybridized carbons (Fsp3) is 0.316. The van der Waals surface area contributed by atoms with Gasteiger partial charge in [-0.25, -0.2) is 0 Å². The Kier molecular flexibility index (Phi) is 6.02. The fourth-order valence-corrected chi connectivity index (χ4v) is 2.74. The Labute approximate surface area is 137 Å². The molecule has 0 N–H and O–H groups in total. The van der Waals surface area contributed by atoms with Gasteiger partial charge in [-0.05, 0) is 36.1 Å². The lowest BCUT2D eigenvalue weighted by Gasteiger charge is -2.23. The van der Waals surface area contributed by atoms with Crippen molar-refractivity contribution in [2.24, 2.45) is 0 Å². The second-order valence-corrected chi connectivity index (χ2v) is 5.99. The topological polar surface area (TPSA) is 20.3 Å². The Morgan fingerprint density at radius 3 is 2.50 bits per heavy atom. The molecule has 116 valence electrons. The summed E-state index contributed by atoms with van der Waals surface area (Å²) < 4.78 is 0. The summed E-state index contributed by atoms with van der Waals surface area (Å²) in [5.74, 6) is 0.404. The van der Waals surface area contributed by atoms with E-state index in [1.165, 1.54) is 5.56 Å². The predicted octanol–water partition coefficient (Wildman–Crippen LogP) is 4.88. The third-order valence-corrected chi connectivity index (χ3v) is 4.08. The van der Waals surface area contributed by atoms with Crippen molar-refractivity contribution < 1.29 is 4.79 Å². The first kappa shape index (κ1) is 16.6. The highest BCUT2D eigenvalue weighted by molar-refractivity contribution is 6.30. The summed E-state index contributed by atoms with van der Waals surface area (Å²) in [6.07, 6.45) is 0.526. The normalized spacial score (nSPS) is 12.0. The summed E-state index contributed by atoms with van der Waals surface area (Å²) in [7, 11) is 0. The van der Waals surface area contributed by atoms with Crippen LogP contribution in [-0.4, -0.2) is 17.4 Å². The van der Waals surface area contributed by atoms with Gasteiger partial charge in [-0.15, -0.1) is 0 Å². The van der Waals surface area contributed by atoms with E-state index in [-0.39, 0.29) is 11.8 Å². The van der Waals surface area contributed by atoms with Crippen LogP contribution < -0.4 is 0 Å². The maximum Gasteiger partial charge on any atom is 0.223 e. The van der Waals surface area contributed by atoms with Crippen molar-refractivity contribution in [3.05, 3.63) is 70.7 Å². The lowest BCUT2D eigenvalue weighted by molar-refractivity contribution is -0.131. The van der Waals surface area contributed by atoms with Crippen LogP contribution in [0.15, 0.2) is 54.6 Å². The maximum atomic E-state index is 12.5. The van der Waals surface area contributed by atoms with Crippen molar-refractivity contribution in [1.29, 1.82) is 0 Å². The number of halogens is 1. The second kappa shape index (κ2) is 8.00. The minimum atomic E-state index is 0.179. The molecule has 0 aliphatic heterocycles. The molecule has 0 aliphatic rings. The highest BCUT2D eigenvalue weighted by Crippen LogP contribution is 2.20. The van der Waals surface area contributed by atoms with Crippen molar-refractivity contribution in [3.63, 3.8) is 0 Å². The zero-order chi connectivity index (χ0) is 15.9. The van der Waals surface area contributed by atoms with Gasteiger partial charge in [0, 0.05) is 24.5 Å². The largest absolute Gasteiger partial charge is 0.339 e. The monoisotopic (exact) mass is 315 g/mol. The zero-order valence-electron chi connectivity index (χ0n) is 13.1. The minimum Gasteiger partial charge on any atom is -0.339 e. The first-order chi connectivity index (χ1) is 10.6. The van der Waals surface area contributed by atoms with Gasteiger partial charge in [-0.2, -0.15) is 0 Å². The molecule has 0 aliphatic carbocycles. The molecule has 0 fully saturated rings. The van der Waals surface area contributed by atoms with E-state index in [4.69, 9.17) is 11.6 Å². The minimum absolute atomic E-state index is 0.179. The predicted molar refractivity (Wildman–Crippen MR) is 92.0 cm³/mol. The van der Waals surface area contributed by atoms with Crippen LogP contribution in [-0.2, 0) is 11.3 Å². The first-order valence-electron chi connectivity index (χ1n) is 7.67. The van der Waals surface area contributed by atoms with E-state index in [0.717, 1.165) is 5.56 Å². The highest BCUT2D eigenvalue weighted by atomic mass is 35.5. The van der Waals surface area contributed by atoms with E-state index in [1.807, 2.05) is 54.3 Å². The van der Waals surface area contributed by atoms with Crippen molar-refractivity contribution in [3.8, 4) is 0 Å². The third-order valence-electron chi connectivity index (χ3n) is 3.85. The van der Waals surface area contributed by atoms with Gasteiger partial charge in [-0.1, -0.05) is 61.0 Å². The standard InChI is InChI=1S/C19H22ClNO/c1-3-21(14-16-8-7-11-18(20)13-16)19(22)12-15(2)17-9-5-4-6-10-17/h4-11,13,15H,3,12,14H2,1-2H3. The van der Waals surface area contributed by atoms with Gasteiger partial charge in [0.15, 0.2) is 0 Å². The molecule has 2 nitrogen and oxygen atoms in total. The number of nitrogens with zero attached hydrogens (tertiary/aromatic N) is 1. The van der Waals surface area contributed by atoms with Crippen LogP contribution in [0, 0.1) is 0 Å². The number of rotatable bonds is 6. The van der Waals surface area contributed by atoms with E-state index in [1.54, 1.807) is 0 Å². The summed E-state index contributed by atoms with van der Waals surface area (Å²) in [6, 6.07) is 17.9. The van der Waals surface area contributed by atoms with Crippen molar-refractivity contribution in [2.75, 3.05) is 6.54 Å². The highest BCUT2D eigenvalue weighted by Gasteiger charge is 2.16. The molecular formula is C19H22ClNO. The van der Waals surface area contributed by atoms with Gasteiger partial charge in [-0.3, -0.25) is 4.79 Å². The lowest BCUT2D eigenvalue weighted by atomic mass is 9.97. The average molecular weight is 316 g/mol. The molecule has 0 bridgehead atoms. The molecule has 2 rings (SSSR count).